The van der Waals surface area contributed by atoms with Crippen LogP contribution >= 0.6 is 0 Å². The topological polar surface area (TPSA) is 155 Å². The van der Waals surface area contributed by atoms with E-state index < -0.39 is 18.5 Å². The molecule has 0 fully saturated rings. The summed E-state index contributed by atoms with van der Waals surface area (Å²) >= 11 is 0. The van der Waals surface area contributed by atoms with Crippen molar-refractivity contribution < 1.29 is 9.90 Å². The Bertz CT molecular complexity index is 220. The van der Waals surface area contributed by atoms with Crippen LogP contribution < -0.4 is 17.2 Å². The molecule has 0 radical (unpaired) electrons. The lowest BCUT2D eigenvalue weighted by Crippen LogP contribution is -2.39. The maximum absolute atomic E-state index is 10.2. The van der Waals surface area contributed by atoms with Crippen LogP contribution in [-0.4, -0.2) is 34.5 Å². The number of nitrogens with zero attached hydrogens (tertiary/aromatic N) is 2. The van der Waals surface area contributed by atoms with Gasteiger partial charge in [0.15, 0.2) is 0 Å². The summed E-state index contributed by atoms with van der Waals surface area (Å²) in [7, 11) is 0. The molecule has 0 aliphatic heterocycles. The van der Waals surface area contributed by atoms with Crippen LogP contribution in [0, 0.1) is 5.41 Å². The van der Waals surface area contributed by atoms with E-state index in [9.17, 15) is 4.79 Å². The number of rotatable bonds is 3. The van der Waals surface area contributed by atoms with Gasteiger partial charge in [-0.25, -0.2) is 5.01 Å². The van der Waals surface area contributed by atoms with Crippen molar-refractivity contribution >= 4 is 17.9 Å². The summed E-state index contributed by atoms with van der Waals surface area (Å²) in [5, 5.41) is 19.1. The smallest absolute Gasteiger partial charge is 0.325 e. The Hall–Kier alpha value is -1.99. The Kier molecular flexibility index (Phi) is 3.34. The molecule has 8 heteroatoms. The molecule has 0 bridgehead atoms. The predicted octanol–water partition coefficient (Wildman–Crippen LogP) is -2.55. The van der Waals surface area contributed by atoms with Gasteiger partial charge in [-0.3, -0.25) is 10.2 Å². The minimum atomic E-state index is -1.19. The van der Waals surface area contributed by atoms with Gasteiger partial charge in [0.2, 0.25) is 11.9 Å². The number of hydrogen-bond donors (Lipinski definition) is 5. The Labute approximate surface area is 68.1 Å². The summed E-state index contributed by atoms with van der Waals surface area (Å²) in [6, 6.07) is 0. The lowest BCUT2D eigenvalue weighted by atomic mass is 10.6. The monoisotopic (exact) mass is 174 g/mol. The van der Waals surface area contributed by atoms with E-state index in [4.69, 9.17) is 27.7 Å². The van der Waals surface area contributed by atoms with Crippen LogP contribution in [0.2, 0.25) is 0 Å². The van der Waals surface area contributed by atoms with Crippen LogP contribution in [0.15, 0.2) is 5.10 Å². The van der Waals surface area contributed by atoms with E-state index in [0.29, 0.717) is 5.01 Å². The molecule has 0 saturated heterocycles. The predicted molar refractivity (Wildman–Crippen MR) is 42.1 cm³/mol. The standard InChI is InChI=1S/C4H10N6O2/c5-3(6)9-10(4(7)8)1-2(11)12/h1H2,(H3,7,8)(H,11,12)(H4,5,6,9). The molecule has 0 amide bonds. The third-order valence-corrected chi connectivity index (χ3v) is 0.799. The summed E-state index contributed by atoms with van der Waals surface area (Å²) in [5.74, 6) is -2.08. The fraction of sp³-hybridized carbons (Fsp3) is 0.250. The Morgan fingerprint density at radius 3 is 2.25 bits per heavy atom. The zero-order valence-corrected chi connectivity index (χ0v) is 6.19. The molecule has 0 aromatic rings. The van der Waals surface area contributed by atoms with E-state index in [0.717, 1.165) is 0 Å². The van der Waals surface area contributed by atoms with Gasteiger partial charge in [0.25, 0.3) is 0 Å². The van der Waals surface area contributed by atoms with Gasteiger partial charge in [-0.15, -0.1) is 5.10 Å². The van der Waals surface area contributed by atoms with Crippen LogP contribution in [0.4, 0.5) is 0 Å². The van der Waals surface area contributed by atoms with Crippen molar-refractivity contribution in [3.05, 3.63) is 0 Å². The molecule has 8 N–H and O–H groups in total. The second-order valence-corrected chi connectivity index (χ2v) is 1.86. The van der Waals surface area contributed by atoms with E-state index in [1.165, 1.54) is 0 Å². The molecule has 0 atom stereocenters. The first kappa shape index (κ1) is 10.0. The van der Waals surface area contributed by atoms with Crippen molar-refractivity contribution in [2.75, 3.05) is 6.54 Å². The first-order valence-electron chi connectivity index (χ1n) is 2.86. The Morgan fingerprint density at radius 2 is 2.00 bits per heavy atom. The number of hydrazone groups is 1. The van der Waals surface area contributed by atoms with Gasteiger partial charge < -0.3 is 22.3 Å². The summed E-state index contributed by atoms with van der Waals surface area (Å²) in [4.78, 5) is 10.2. The fourth-order valence-corrected chi connectivity index (χ4v) is 0.442. The molecule has 0 saturated carbocycles. The molecule has 0 aromatic carbocycles. The number of nitrogens with one attached hydrogen (secondary N) is 1. The van der Waals surface area contributed by atoms with Gasteiger partial charge in [0.1, 0.15) is 6.54 Å². The SMILES string of the molecule is N=C(N)N(CC(=O)O)N=C(N)N. The maximum atomic E-state index is 10.2. The second kappa shape index (κ2) is 4.01. The number of carboxylic acid groups (broad SMARTS) is 1. The first-order valence-corrected chi connectivity index (χ1v) is 2.86. The highest BCUT2D eigenvalue weighted by Gasteiger charge is 2.09. The molecule has 0 aromatic heterocycles. The Morgan fingerprint density at radius 1 is 1.50 bits per heavy atom. The van der Waals surface area contributed by atoms with E-state index in [-0.39, 0.29) is 5.96 Å². The largest absolute Gasteiger partial charge is 0.480 e. The van der Waals surface area contributed by atoms with Gasteiger partial charge in [0, 0.05) is 0 Å². The number of carbonyl (C=O) groups is 1. The van der Waals surface area contributed by atoms with E-state index in [1.807, 2.05) is 0 Å². The first-order chi connectivity index (χ1) is 5.43. The van der Waals surface area contributed by atoms with Crippen LogP contribution in [0.25, 0.3) is 0 Å². The van der Waals surface area contributed by atoms with E-state index >= 15 is 0 Å². The molecule has 8 nitrogen and oxygen atoms in total. The quantitative estimate of drug-likeness (QED) is 0.180. The molecule has 0 aliphatic carbocycles. The molecular weight excluding hydrogens is 164 g/mol. The number of carboxylic acids is 1. The molecular formula is C4H10N6O2. The normalized spacial score (nSPS) is 8.67. The molecule has 0 heterocycles. The summed E-state index contributed by atoms with van der Waals surface area (Å²) < 4.78 is 0. The second-order valence-electron chi connectivity index (χ2n) is 1.86. The van der Waals surface area contributed by atoms with E-state index in [2.05, 4.69) is 5.10 Å². The van der Waals surface area contributed by atoms with Gasteiger partial charge in [0.05, 0.1) is 0 Å². The van der Waals surface area contributed by atoms with Crippen molar-refractivity contribution in [1.82, 2.24) is 5.01 Å². The van der Waals surface area contributed by atoms with Gasteiger partial charge in [-0.2, -0.15) is 0 Å². The minimum absolute atomic E-state index is 0.355. The Balaban J connectivity index is 4.35. The number of guanidine groups is 2. The summed E-state index contributed by atoms with van der Waals surface area (Å²) in [6.07, 6.45) is 0. The lowest BCUT2D eigenvalue weighted by molar-refractivity contribution is -0.137. The van der Waals surface area contributed by atoms with Gasteiger partial charge >= 0.3 is 5.97 Å². The summed E-state index contributed by atoms with van der Waals surface area (Å²) in [5.41, 5.74) is 14.9. The molecule has 0 spiro atoms. The zero-order valence-electron chi connectivity index (χ0n) is 6.19. The highest BCUT2D eigenvalue weighted by Crippen LogP contribution is 1.86. The average molecular weight is 174 g/mol. The minimum Gasteiger partial charge on any atom is -0.480 e. The average Bonchev–Trinajstić information content (AvgIpc) is 1.83. The molecule has 0 rings (SSSR count). The molecule has 0 unspecified atom stereocenters. The van der Waals surface area contributed by atoms with Crippen molar-refractivity contribution in [3.63, 3.8) is 0 Å². The van der Waals surface area contributed by atoms with E-state index in [1.54, 1.807) is 0 Å². The number of nitrogens with two attached hydrogens (primary N) is 3. The van der Waals surface area contributed by atoms with Gasteiger partial charge in [-0.05, 0) is 0 Å². The highest BCUT2D eigenvalue weighted by molar-refractivity contribution is 5.83. The van der Waals surface area contributed by atoms with Crippen molar-refractivity contribution in [1.29, 1.82) is 5.41 Å². The van der Waals surface area contributed by atoms with Crippen LogP contribution in [-0.2, 0) is 4.79 Å². The number of hydrogen-bond acceptors (Lipinski definition) is 3. The van der Waals surface area contributed by atoms with Crippen LogP contribution in [0.1, 0.15) is 0 Å². The number of aliphatic carboxylic acids is 1. The molecule has 0 aliphatic rings. The summed E-state index contributed by atoms with van der Waals surface area (Å²) in [6.45, 7) is -0.548. The van der Waals surface area contributed by atoms with Crippen LogP contribution in [0.5, 0.6) is 0 Å². The zero-order chi connectivity index (χ0) is 9.72. The third kappa shape index (κ3) is 3.93. The van der Waals surface area contributed by atoms with Crippen molar-refractivity contribution in [2.24, 2.45) is 22.3 Å². The van der Waals surface area contributed by atoms with Crippen LogP contribution in [0.3, 0.4) is 0 Å². The molecule has 12 heavy (non-hydrogen) atoms. The lowest BCUT2D eigenvalue weighted by Gasteiger charge is -2.13. The fourth-order valence-electron chi connectivity index (χ4n) is 0.442. The third-order valence-electron chi connectivity index (χ3n) is 0.799. The van der Waals surface area contributed by atoms with Gasteiger partial charge in [-0.1, -0.05) is 0 Å². The van der Waals surface area contributed by atoms with Crippen molar-refractivity contribution in [2.45, 2.75) is 0 Å². The van der Waals surface area contributed by atoms with Crippen molar-refractivity contribution in [3.8, 4) is 0 Å². The maximum Gasteiger partial charge on any atom is 0.325 e. The molecule has 68 valence electrons. The highest BCUT2D eigenvalue weighted by atomic mass is 16.4.